The Balaban J connectivity index is 1.54. The highest BCUT2D eigenvalue weighted by Gasteiger charge is 2.25. The van der Waals surface area contributed by atoms with Crippen molar-refractivity contribution in [1.29, 1.82) is 0 Å². The first-order chi connectivity index (χ1) is 15.7. The third-order valence-electron chi connectivity index (χ3n) is 6.75. The van der Waals surface area contributed by atoms with E-state index < -0.39 is 0 Å². The van der Waals surface area contributed by atoms with E-state index >= 15 is 0 Å². The summed E-state index contributed by atoms with van der Waals surface area (Å²) in [5.74, 6) is 0.791. The van der Waals surface area contributed by atoms with Gasteiger partial charge in [0.05, 0.1) is 22.1 Å². The molecule has 0 saturated carbocycles. The molecule has 2 aromatic carbocycles. The van der Waals surface area contributed by atoms with Gasteiger partial charge in [-0.15, -0.1) is 0 Å². The minimum Gasteiger partial charge on any atom is -0.320 e. The number of hydrogen-bond acceptors (Lipinski definition) is 4. The largest absolute Gasteiger partial charge is 0.320 e. The number of halogens is 2. The van der Waals surface area contributed by atoms with Gasteiger partial charge in [-0.05, 0) is 63.0 Å². The first-order valence-corrected chi connectivity index (χ1v) is 11.4. The molecular weight excluding hydrogens is 410 g/mol. The topological polar surface area (TPSA) is 59.7 Å². The van der Waals surface area contributed by atoms with E-state index in [1.807, 2.05) is 0 Å². The smallest absolute Gasteiger partial charge is 0.177 e. The zero-order valence-electron chi connectivity index (χ0n) is 17.8. The van der Waals surface area contributed by atoms with Crippen molar-refractivity contribution in [3.05, 3.63) is 48.0 Å². The zero-order valence-corrected chi connectivity index (χ0v) is 17.8. The minimum absolute atomic E-state index is 0.307. The van der Waals surface area contributed by atoms with Gasteiger partial charge < -0.3 is 19.8 Å². The van der Waals surface area contributed by atoms with Crippen LogP contribution in [0.1, 0.15) is 25.7 Å². The number of nitrogens with zero attached hydrogens (tertiary/aromatic N) is 4. The highest BCUT2D eigenvalue weighted by Crippen LogP contribution is 2.30. The highest BCUT2D eigenvalue weighted by molar-refractivity contribution is 5.83. The monoisotopic (exact) mass is 436 g/mol. The summed E-state index contributed by atoms with van der Waals surface area (Å²) in [7, 11) is 0. The molecule has 2 atom stereocenters. The third kappa shape index (κ3) is 3.47. The molecule has 0 amide bonds. The molecule has 2 aliphatic rings. The lowest BCUT2D eigenvalue weighted by atomic mass is 10.2. The molecule has 32 heavy (non-hydrogen) atoms. The van der Waals surface area contributed by atoms with Crippen molar-refractivity contribution in [2.24, 2.45) is 0 Å². The lowest BCUT2D eigenvalue weighted by Crippen LogP contribution is -2.28. The van der Waals surface area contributed by atoms with Crippen LogP contribution in [0.2, 0.25) is 0 Å². The maximum Gasteiger partial charge on any atom is 0.177 e. The van der Waals surface area contributed by atoms with E-state index in [9.17, 15) is 8.78 Å². The zero-order chi connectivity index (χ0) is 21.7. The number of imidazole rings is 2. The molecule has 0 radical (unpaired) electrons. The third-order valence-corrected chi connectivity index (χ3v) is 6.75. The summed E-state index contributed by atoms with van der Waals surface area (Å²) < 4.78 is 32.3. The summed E-state index contributed by atoms with van der Waals surface area (Å²) in [6.07, 6.45) is 4.47. The molecule has 166 valence electrons. The average Bonchev–Trinajstić information content (AvgIpc) is 3.56. The van der Waals surface area contributed by atoms with Crippen molar-refractivity contribution in [2.75, 3.05) is 13.1 Å². The quantitative estimate of drug-likeness (QED) is 0.499. The number of benzene rings is 2. The minimum atomic E-state index is -0.307. The van der Waals surface area contributed by atoms with E-state index in [2.05, 4.69) is 19.8 Å². The van der Waals surface area contributed by atoms with Gasteiger partial charge in [0.2, 0.25) is 0 Å². The van der Waals surface area contributed by atoms with Gasteiger partial charge in [0, 0.05) is 37.3 Å². The van der Waals surface area contributed by atoms with Crippen molar-refractivity contribution in [3.63, 3.8) is 0 Å². The molecule has 0 aliphatic carbocycles. The normalized spacial score (nSPS) is 21.3. The second kappa shape index (κ2) is 7.94. The van der Waals surface area contributed by atoms with Gasteiger partial charge >= 0.3 is 0 Å². The van der Waals surface area contributed by atoms with Gasteiger partial charge in [-0.2, -0.15) is 0 Å². The fourth-order valence-electron chi connectivity index (χ4n) is 5.18. The molecule has 0 spiro atoms. The molecule has 0 unspecified atom stereocenters. The molecular formula is C24H26F2N6. The van der Waals surface area contributed by atoms with Gasteiger partial charge in [0.1, 0.15) is 11.6 Å². The number of fused-ring (bicyclic) bond motifs is 2. The first-order valence-electron chi connectivity index (χ1n) is 11.4. The van der Waals surface area contributed by atoms with Gasteiger partial charge in [-0.1, -0.05) is 0 Å². The molecule has 2 fully saturated rings. The number of aromatic nitrogens is 4. The van der Waals surface area contributed by atoms with E-state index in [4.69, 9.17) is 9.97 Å². The molecule has 6 rings (SSSR count). The van der Waals surface area contributed by atoms with Crippen LogP contribution in [0.4, 0.5) is 8.78 Å². The number of nitrogens with one attached hydrogen (secondary N) is 2. The van der Waals surface area contributed by atoms with Crippen LogP contribution in [-0.2, 0) is 13.1 Å². The van der Waals surface area contributed by atoms with E-state index in [-0.39, 0.29) is 11.6 Å². The number of hydrogen-bond donors (Lipinski definition) is 2. The fourth-order valence-corrected chi connectivity index (χ4v) is 5.18. The molecule has 6 nitrogen and oxygen atoms in total. The molecule has 2 saturated heterocycles. The Bertz CT molecular complexity index is 1180. The fraction of sp³-hybridized carbons (Fsp3) is 0.417. The van der Waals surface area contributed by atoms with Crippen LogP contribution in [0.5, 0.6) is 0 Å². The van der Waals surface area contributed by atoms with Crippen LogP contribution in [0.25, 0.3) is 33.7 Å². The SMILES string of the molecule is Fc1ccc2c(c1)nc(-c1nc3cc(F)ccc3n1C[C@@H]1CCCN1)n2C[C@@H]1CCCN1. The van der Waals surface area contributed by atoms with Gasteiger partial charge in [-0.3, -0.25) is 0 Å². The van der Waals surface area contributed by atoms with Crippen LogP contribution in [0.3, 0.4) is 0 Å². The predicted octanol–water partition coefficient (Wildman–Crippen LogP) is 3.84. The summed E-state index contributed by atoms with van der Waals surface area (Å²) in [5, 5.41) is 7.10. The van der Waals surface area contributed by atoms with Crippen LogP contribution in [0.15, 0.2) is 36.4 Å². The molecule has 4 aromatic rings. The predicted molar refractivity (Wildman–Crippen MR) is 120 cm³/mol. The van der Waals surface area contributed by atoms with Crippen molar-refractivity contribution < 1.29 is 8.78 Å². The van der Waals surface area contributed by atoms with Crippen LogP contribution >= 0.6 is 0 Å². The van der Waals surface area contributed by atoms with Gasteiger partial charge in [0.15, 0.2) is 11.6 Å². The van der Waals surface area contributed by atoms with Crippen LogP contribution < -0.4 is 10.6 Å². The molecule has 0 bridgehead atoms. The summed E-state index contributed by atoms with van der Waals surface area (Å²) in [4.78, 5) is 9.67. The Kier molecular flexibility index (Phi) is 4.91. The lowest BCUT2D eigenvalue weighted by Gasteiger charge is -2.17. The average molecular weight is 437 g/mol. The van der Waals surface area contributed by atoms with E-state index in [1.165, 1.54) is 24.3 Å². The van der Waals surface area contributed by atoms with E-state index in [0.29, 0.717) is 34.8 Å². The first kappa shape index (κ1) is 19.8. The Morgan fingerprint density at radius 2 is 1.22 bits per heavy atom. The van der Waals surface area contributed by atoms with Crippen LogP contribution in [0, 0.1) is 11.6 Å². The lowest BCUT2D eigenvalue weighted by molar-refractivity contribution is 0.508. The second-order valence-corrected chi connectivity index (χ2v) is 8.94. The summed E-state index contributed by atoms with van der Waals surface area (Å²) in [6.45, 7) is 3.48. The maximum atomic E-state index is 14.0. The van der Waals surface area contributed by atoms with Crippen LogP contribution in [-0.4, -0.2) is 44.3 Å². The number of rotatable bonds is 5. The second-order valence-electron chi connectivity index (χ2n) is 8.94. The summed E-state index contributed by atoms with van der Waals surface area (Å²) in [5.41, 5.74) is 3.00. The summed E-state index contributed by atoms with van der Waals surface area (Å²) in [6, 6.07) is 10.2. The Labute approximate surface area is 184 Å². The van der Waals surface area contributed by atoms with E-state index in [1.54, 1.807) is 12.1 Å². The Hall–Kier alpha value is -2.84. The Morgan fingerprint density at radius 1 is 0.750 bits per heavy atom. The standard InChI is InChI=1S/C24H26F2N6/c25-15-5-7-21-19(11-15)29-23(31(21)13-17-3-1-9-27-17)24-30-20-12-16(26)6-8-22(20)32(24)14-18-4-2-10-28-18/h5-8,11-12,17-18,27-28H,1-4,9-10,13-14H2/t17-,18-/m0/s1. The van der Waals surface area contributed by atoms with Crippen molar-refractivity contribution in [2.45, 2.75) is 50.9 Å². The molecule has 8 heteroatoms. The van der Waals surface area contributed by atoms with Crippen molar-refractivity contribution >= 4 is 22.1 Å². The molecule has 2 aromatic heterocycles. The molecule has 4 heterocycles. The Morgan fingerprint density at radius 3 is 1.62 bits per heavy atom. The highest BCUT2D eigenvalue weighted by atomic mass is 19.1. The van der Waals surface area contributed by atoms with Gasteiger partial charge in [0.25, 0.3) is 0 Å². The van der Waals surface area contributed by atoms with Gasteiger partial charge in [-0.25, -0.2) is 18.7 Å². The summed E-state index contributed by atoms with van der Waals surface area (Å²) >= 11 is 0. The van der Waals surface area contributed by atoms with E-state index in [0.717, 1.165) is 62.9 Å². The maximum absolute atomic E-state index is 14.0. The molecule has 2 aliphatic heterocycles. The van der Waals surface area contributed by atoms with Crippen molar-refractivity contribution in [1.82, 2.24) is 29.7 Å². The molecule has 2 N–H and O–H groups in total. The van der Waals surface area contributed by atoms with Crippen molar-refractivity contribution in [3.8, 4) is 11.6 Å².